The lowest BCUT2D eigenvalue weighted by Gasteiger charge is -2.63. The van der Waals surface area contributed by atoms with Crippen molar-refractivity contribution >= 4 is 38.3 Å². The van der Waals surface area contributed by atoms with Gasteiger partial charge in [-0.05, 0) is 91.0 Å². The van der Waals surface area contributed by atoms with Gasteiger partial charge in [0.2, 0.25) is 0 Å². The Hall–Kier alpha value is -1.68. The predicted octanol–water partition coefficient (Wildman–Crippen LogP) is 7.50. The first-order valence-corrected chi connectivity index (χ1v) is 12.9. The number of benzene rings is 2. The number of aryl methyl sites for hydroxylation is 1. The molecule has 4 heteroatoms. The second-order valence-corrected chi connectivity index (χ2v) is 11.4. The molecule has 3 aromatic rings. The lowest BCUT2D eigenvalue weighted by atomic mass is 9.42. The van der Waals surface area contributed by atoms with Crippen LogP contribution in [0.25, 0.3) is 10.1 Å². The van der Waals surface area contributed by atoms with Crippen LogP contribution in [0.5, 0.6) is 0 Å². The molecule has 0 saturated heterocycles. The molecular formula is C28H33ClO2S. The Bertz CT molecular complexity index is 1070. The highest BCUT2D eigenvalue weighted by atomic mass is 35.5. The molecule has 1 aromatic heterocycles. The zero-order chi connectivity index (χ0) is 22.9. The Morgan fingerprint density at radius 3 is 2.56 bits per heavy atom. The number of fused-ring (bicyclic) bond motifs is 3. The second-order valence-electron chi connectivity index (χ2n) is 10.1. The van der Waals surface area contributed by atoms with Crippen molar-refractivity contribution in [2.75, 3.05) is 6.61 Å². The molecule has 2 bridgehead atoms. The highest BCUT2D eigenvalue weighted by Crippen LogP contribution is 2.64. The zero-order valence-electron chi connectivity index (χ0n) is 19.2. The van der Waals surface area contributed by atoms with E-state index in [-0.39, 0.29) is 5.24 Å². The van der Waals surface area contributed by atoms with Gasteiger partial charge in [0.15, 0.2) is 0 Å². The molecule has 3 fully saturated rings. The van der Waals surface area contributed by atoms with E-state index in [4.69, 9.17) is 11.6 Å². The molecule has 0 spiro atoms. The first kappa shape index (κ1) is 23.5. The van der Waals surface area contributed by atoms with Gasteiger partial charge in [0.1, 0.15) is 0 Å². The van der Waals surface area contributed by atoms with E-state index in [1.54, 1.807) is 16.7 Å². The van der Waals surface area contributed by atoms with Crippen LogP contribution in [0.3, 0.4) is 0 Å². The fourth-order valence-electron chi connectivity index (χ4n) is 6.04. The minimum absolute atomic E-state index is 0.357. The topological polar surface area (TPSA) is 37.3 Å². The molecule has 1 heterocycles. The monoisotopic (exact) mass is 468 g/mol. The van der Waals surface area contributed by atoms with Gasteiger partial charge < -0.3 is 5.11 Å². The van der Waals surface area contributed by atoms with Crippen molar-refractivity contribution in [2.45, 2.75) is 46.5 Å². The van der Waals surface area contributed by atoms with E-state index in [1.165, 1.54) is 24.8 Å². The van der Waals surface area contributed by atoms with Crippen LogP contribution in [0.4, 0.5) is 0 Å². The largest absolute Gasteiger partial charge is 0.396 e. The summed E-state index contributed by atoms with van der Waals surface area (Å²) in [5, 5.41) is 11.7. The van der Waals surface area contributed by atoms with Crippen molar-refractivity contribution in [3.8, 4) is 0 Å². The van der Waals surface area contributed by atoms with Crippen LogP contribution in [0.15, 0.2) is 53.9 Å². The van der Waals surface area contributed by atoms with E-state index in [0.717, 1.165) is 45.7 Å². The van der Waals surface area contributed by atoms with Gasteiger partial charge in [0, 0.05) is 22.1 Å². The van der Waals surface area contributed by atoms with Gasteiger partial charge >= 0.3 is 0 Å². The summed E-state index contributed by atoms with van der Waals surface area (Å²) in [6, 6.07) is 16.9. The van der Waals surface area contributed by atoms with E-state index >= 15 is 0 Å². The summed E-state index contributed by atoms with van der Waals surface area (Å²) in [5.74, 6) is 3.28. The lowest BCUT2D eigenvalue weighted by molar-refractivity contribution is -0.137. The third-order valence-corrected chi connectivity index (χ3v) is 9.18. The van der Waals surface area contributed by atoms with Crippen molar-refractivity contribution < 1.29 is 9.90 Å². The maximum atomic E-state index is 11.0. The lowest BCUT2D eigenvalue weighted by Crippen LogP contribution is -2.56. The summed E-state index contributed by atoms with van der Waals surface area (Å²) in [6.45, 7) is 7.27. The van der Waals surface area contributed by atoms with E-state index in [2.05, 4.69) is 44.2 Å². The molecule has 4 atom stereocenters. The molecular weight excluding hydrogens is 436 g/mol. The van der Waals surface area contributed by atoms with Crippen LogP contribution >= 0.6 is 22.9 Å². The first-order valence-electron chi connectivity index (χ1n) is 11.6. The maximum absolute atomic E-state index is 11.0. The third-order valence-electron chi connectivity index (χ3n) is 8.01. The Balaban J connectivity index is 0.000000165. The molecule has 2 aromatic carbocycles. The minimum atomic E-state index is -0.378. The van der Waals surface area contributed by atoms with Crippen LogP contribution < -0.4 is 0 Å². The Morgan fingerprint density at radius 2 is 1.91 bits per heavy atom. The number of thiophene rings is 1. The third kappa shape index (κ3) is 4.66. The van der Waals surface area contributed by atoms with Crippen molar-refractivity contribution in [2.24, 2.45) is 29.1 Å². The molecule has 3 aliphatic rings. The van der Waals surface area contributed by atoms with Crippen molar-refractivity contribution in [1.29, 1.82) is 0 Å². The van der Waals surface area contributed by atoms with Crippen molar-refractivity contribution in [1.82, 2.24) is 0 Å². The number of halogens is 1. The number of rotatable bonds is 5. The Labute approximate surface area is 200 Å². The average molecular weight is 469 g/mol. The summed E-state index contributed by atoms with van der Waals surface area (Å²) in [6.07, 6.45) is 4.96. The fourth-order valence-corrected chi connectivity index (χ4v) is 7.18. The van der Waals surface area contributed by atoms with Gasteiger partial charge in [-0.3, -0.25) is 4.79 Å². The molecule has 1 N–H and O–H groups in total. The summed E-state index contributed by atoms with van der Waals surface area (Å²) in [5.41, 5.74) is 3.76. The van der Waals surface area contributed by atoms with E-state index in [1.807, 2.05) is 25.1 Å². The van der Waals surface area contributed by atoms with Gasteiger partial charge in [0.05, 0.1) is 5.56 Å². The van der Waals surface area contributed by atoms with Gasteiger partial charge in [-0.2, -0.15) is 0 Å². The fraction of sp³-hybridized carbons (Fsp3) is 0.464. The van der Waals surface area contributed by atoms with Gasteiger partial charge in [-0.25, -0.2) is 0 Å². The Kier molecular flexibility index (Phi) is 7.09. The average Bonchev–Trinajstić information content (AvgIpc) is 3.19. The zero-order valence-corrected chi connectivity index (χ0v) is 20.8. The van der Waals surface area contributed by atoms with Crippen molar-refractivity contribution in [3.63, 3.8) is 0 Å². The van der Waals surface area contributed by atoms with Gasteiger partial charge in [-0.1, -0.05) is 55.8 Å². The standard InChI is InChI=1S/C18H26O.C10H7ClOS/c1-18(2)15-11-14(8-9-19)16(17(18)12-15)10-13-6-4-3-5-7-13;1-6-2-3-9-7(4-6)8(5-13-9)10(11)12/h3-7,14-17,19H,8-12H2,1-2H3;2-5H,1H3/t14-,15-,16+,17-;/m0./s1. The minimum Gasteiger partial charge on any atom is -0.396 e. The first-order chi connectivity index (χ1) is 15.3. The van der Waals surface area contributed by atoms with Gasteiger partial charge in [-0.15, -0.1) is 11.3 Å². The molecule has 0 aliphatic heterocycles. The summed E-state index contributed by atoms with van der Waals surface area (Å²) in [4.78, 5) is 11.0. The van der Waals surface area contributed by atoms with E-state index < -0.39 is 0 Å². The summed E-state index contributed by atoms with van der Waals surface area (Å²) < 4.78 is 1.11. The number of hydrogen-bond donors (Lipinski definition) is 1. The molecule has 6 rings (SSSR count). The highest BCUT2D eigenvalue weighted by Gasteiger charge is 2.56. The molecule has 170 valence electrons. The normalized spacial score (nSPS) is 25.5. The van der Waals surface area contributed by atoms with E-state index in [9.17, 15) is 9.90 Å². The molecule has 0 unspecified atom stereocenters. The Morgan fingerprint density at radius 1 is 1.16 bits per heavy atom. The molecule has 3 saturated carbocycles. The highest BCUT2D eigenvalue weighted by molar-refractivity contribution is 7.17. The molecule has 0 radical (unpaired) electrons. The number of hydrogen-bond acceptors (Lipinski definition) is 3. The van der Waals surface area contributed by atoms with Crippen LogP contribution in [0, 0.1) is 36.0 Å². The quantitative estimate of drug-likeness (QED) is 0.393. The molecule has 32 heavy (non-hydrogen) atoms. The van der Waals surface area contributed by atoms with Crippen LogP contribution in [-0.4, -0.2) is 17.0 Å². The number of aliphatic hydroxyl groups is 1. The SMILES string of the molecule is CC1(C)[C@H]2C[C@H](CCO)[C@@H](Cc3ccccc3)[C@@H]1C2.Cc1ccc2scc(C(=O)Cl)c2c1. The molecule has 0 amide bonds. The van der Waals surface area contributed by atoms with Crippen LogP contribution in [0.2, 0.25) is 0 Å². The second kappa shape index (κ2) is 9.67. The number of carbonyl (C=O) groups is 1. The predicted molar refractivity (Wildman–Crippen MR) is 136 cm³/mol. The number of carbonyl (C=O) groups excluding carboxylic acids is 1. The van der Waals surface area contributed by atoms with Crippen molar-refractivity contribution in [3.05, 3.63) is 70.6 Å². The van der Waals surface area contributed by atoms with Gasteiger partial charge in [0.25, 0.3) is 5.24 Å². The van der Waals surface area contributed by atoms with Crippen LogP contribution in [0.1, 0.15) is 54.6 Å². The van der Waals surface area contributed by atoms with E-state index in [0.29, 0.717) is 17.6 Å². The molecule has 2 nitrogen and oxygen atoms in total. The molecule has 3 aliphatic carbocycles. The summed E-state index contributed by atoms with van der Waals surface area (Å²) in [7, 11) is 0. The maximum Gasteiger partial charge on any atom is 0.253 e. The van der Waals surface area contributed by atoms with Crippen LogP contribution in [-0.2, 0) is 6.42 Å². The summed E-state index contributed by atoms with van der Waals surface area (Å²) >= 11 is 6.99. The number of aliphatic hydroxyl groups excluding tert-OH is 1. The smallest absolute Gasteiger partial charge is 0.253 e.